The van der Waals surface area contributed by atoms with E-state index >= 15 is 0 Å². The zero-order valence-corrected chi connectivity index (χ0v) is 11.1. The quantitative estimate of drug-likeness (QED) is 0.816. The van der Waals surface area contributed by atoms with Gasteiger partial charge in [-0.2, -0.15) is 0 Å². The van der Waals surface area contributed by atoms with E-state index in [1.165, 1.54) is 18.9 Å². The number of nitrogens with two attached hydrogens (primary N) is 1. The molecule has 0 aliphatic heterocycles. The van der Waals surface area contributed by atoms with Crippen molar-refractivity contribution in [3.8, 4) is 0 Å². The molecule has 1 aliphatic rings. The zero-order valence-electron chi connectivity index (χ0n) is 11.1. The molecule has 0 unspecified atom stereocenters. The first-order valence-electron chi connectivity index (χ1n) is 6.75. The summed E-state index contributed by atoms with van der Waals surface area (Å²) in [5.41, 5.74) is 8.37. The van der Waals surface area contributed by atoms with Gasteiger partial charge in [0.2, 0.25) is 0 Å². The van der Waals surface area contributed by atoms with Gasteiger partial charge in [-0.15, -0.1) is 0 Å². The maximum absolute atomic E-state index is 11.1. The molecule has 1 heterocycles. The summed E-state index contributed by atoms with van der Waals surface area (Å²) in [4.78, 5) is 15.3. The number of anilines is 1. The molecule has 1 fully saturated rings. The van der Waals surface area contributed by atoms with Crippen LogP contribution in [0.4, 0.5) is 5.69 Å². The van der Waals surface area contributed by atoms with Crippen molar-refractivity contribution >= 4 is 11.7 Å². The van der Waals surface area contributed by atoms with Gasteiger partial charge in [-0.1, -0.05) is 12.1 Å². The molecule has 1 aromatic heterocycles. The van der Waals surface area contributed by atoms with Crippen LogP contribution in [0, 0.1) is 5.92 Å². The summed E-state index contributed by atoms with van der Waals surface area (Å²) in [6.45, 7) is 0.994. The third-order valence-corrected chi connectivity index (χ3v) is 3.75. The Balaban J connectivity index is 1.85. The zero-order chi connectivity index (χ0) is 14.1. The Bertz CT molecular complexity index is 644. The highest BCUT2D eigenvalue weighted by molar-refractivity contribution is 5.94. The molecule has 1 aromatic carbocycles. The molecule has 2 aromatic rings. The van der Waals surface area contributed by atoms with Crippen molar-refractivity contribution in [1.29, 1.82) is 0 Å². The maximum Gasteiger partial charge on any atom is 0.337 e. The summed E-state index contributed by atoms with van der Waals surface area (Å²) < 4.78 is 2.14. The molecule has 5 nitrogen and oxygen atoms in total. The number of nitrogen functional groups attached to an aromatic ring is 1. The van der Waals surface area contributed by atoms with Crippen LogP contribution in [0.2, 0.25) is 0 Å². The van der Waals surface area contributed by atoms with Gasteiger partial charge in [0.05, 0.1) is 11.9 Å². The number of hydrogen-bond donors (Lipinski definition) is 2. The van der Waals surface area contributed by atoms with Crippen LogP contribution in [0.25, 0.3) is 0 Å². The minimum Gasteiger partial charge on any atom is -0.478 e. The van der Waals surface area contributed by atoms with Crippen LogP contribution in [0.5, 0.6) is 0 Å². The molecule has 3 rings (SSSR count). The number of rotatable bonds is 5. The fraction of sp³-hybridized carbons (Fsp3) is 0.333. The van der Waals surface area contributed by atoms with Gasteiger partial charge in [0.25, 0.3) is 0 Å². The largest absolute Gasteiger partial charge is 0.478 e. The van der Waals surface area contributed by atoms with Crippen LogP contribution in [0.3, 0.4) is 0 Å². The van der Waals surface area contributed by atoms with E-state index in [4.69, 9.17) is 10.8 Å². The number of nitrogens with zero attached hydrogens (tertiary/aromatic N) is 2. The predicted octanol–water partition coefficient (Wildman–Crippen LogP) is 2.16. The number of benzene rings is 1. The van der Waals surface area contributed by atoms with Crippen LogP contribution >= 0.6 is 0 Å². The molecular weight excluding hydrogens is 254 g/mol. The number of para-hydroxylation sites is 1. The Hall–Kier alpha value is -2.30. The average Bonchev–Trinajstić information content (AvgIpc) is 3.12. The first-order valence-corrected chi connectivity index (χ1v) is 6.75. The molecule has 3 N–H and O–H groups in total. The van der Waals surface area contributed by atoms with Gasteiger partial charge in [0.15, 0.2) is 0 Å². The van der Waals surface area contributed by atoms with Gasteiger partial charge >= 0.3 is 5.97 Å². The fourth-order valence-electron chi connectivity index (χ4n) is 2.39. The smallest absolute Gasteiger partial charge is 0.337 e. The van der Waals surface area contributed by atoms with E-state index in [0.717, 1.165) is 23.7 Å². The molecule has 0 atom stereocenters. The van der Waals surface area contributed by atoms with Gasteiger partial charge < -0.3 is 15.4 Å². The van der Waals surface area contributed by atoms with Crippen molar-refractivity contribution in [2.75, 3.05) is 5.73 Å². The summed E-state index contributed by atoms with van der Waals surface area (Å²) in [6, 6.07) is 5.13. The first kappa shape index (κ1) is 12.7. The van der Waals surface area contributed by atoms with Crippen LogP contribution in [-0.4, -0.2) is 20.6 Å². The second kappa shape index (κ2) is 5.00. The Morgan fingerprint density at radius 2 is 2.25 bits per heavy atom. The third-order valence-electron chi connectivity index (χ3n) is 3.75. The molecule has 0 bridgehead atoms. The number of aromatic nitrogens is 2. The minimum absolute atomic E-state index is 0.163. The van der Waals surface area contributed by atoms with Crippen LogP contribution in [0.1, 0.15) is 34.5 Å². The van der Waals surface area contributed by atoms with Crippen molar-refractivity contribution in [2.45, 2.75) is 25.8 Å². The van der Waals surface area contributed by atoms with Crippen LogP contribution < -0.4 is 5.73 Å². The number of aromatic carboxylic acids is 1. The van der Waals surface area contributed by atoms with E-state index in [2.05, 4.69) is 9.55 Å². The van der Waals surface area contributed by atoms with Gasteiger partial charge in [0, 0.05) is 30.5 Å². The molecule has 5 heteroatoms. The molecule has 0 radical (unpaired) electrons. The monoisotopic (exact) mass is 271 g/mol. The van der Waals surface area contributed by atoms with E-state index < -0.39 is 5.97 Å². The summed E-state index contributed by atoms with van der Waals surface area (Å²) in [7, 11) is 0. The lowest BCUT2D eigenvalue weighted by Crippen LogP contribution is -2.08. The lowest BCUT2D eigenvalue weighted by molar-refractivity contribution is 0.0698. The van der Waals surface area contributed by atoms with Crippen molar-refractivity contribution in [1.82, 2.24) is 9.55 Å². The van der Waals surface area contributed by atoms with E-state index in [1.807, 2.05) is 18.6 Å². The molecule has 0 saturated heterocycles. The Kier molecular flexibility index (Phi) is 3.18. The second-order valence-electron chi connectivity index (χ2n) is 5.34. The van der Waals surface area contributed by atoms with E-state index in [9.17, 15) is 4.79 Å². The van der Waals surface area contributed by atoms with E-state index in [-0.39, 0.29) is 5.56 Å². The molecular formula is C15H17N3O2. The summed E-state index contributed by atoms with van der Waals surface area (Å²) in [5.74, 6) is -0.221. The third kappa shape index (κ3) is 2.52. The predicted molar refractivity (Wildman–Crippen MR) is 75.6 cm³/mol. The Morgan fingerprint density at radius 3 is 2.95 bits per heavy atom. The van der Waals surface area contributed by atoms with Gasteiger partial charge in [-0.05, 0) is 30.4 Å². The van der Waals surface area contributed by atoms with Crippen LogP contribution in [-0.2, 0) is 13.0 Å². The van der Waals surface area contributed by atoms with E-state index in [1.54, 1.807) is 6.07 Å². The summed E-state index contributed by atoms with van der Waals surface area (Å²) in [6.07, 6.45) is 6.85. The molecule has 104 valence electrons. The van der Waals surface area contributed by atoms with Crippen molar-refractivity contribution in [3.63, 3.8) is 0 Å². The number of carbonyl (C=O) groups is 1. The molecule has 20 heavy (non-hydrogen) atoms. The van der Waals surface area contributed by atoms with Gasteiger partial charge in [0.1, 0.15) is 0 Å². The number of hydrogen-bond acceptors (Lipinski definition) is 3. The highest BCUT2D eigenvalue weighted by Gasteiger charge is 2.22. The summed E-state index contributed by atoms with van der Waals surface area (Å²) in [5, 5.41) is 9.10. The topological polar surface area (TPSA) is 81.1 Å². The van der Waals surface area contributed by atoms with Crippen molar-refractivity contribution in [2.24, 2.45) is 5.92 Å². The number of imidazole rings is 1. The Labute approximate surface area is 117 Å². The lowest BCUT2D eigenvalue weighted by Gasteiger charge is -2.10. The number of carboxylic acid groups (broad SMARTS) is 1. The normalized spacial score (nSPS) is 14.4. The van der Waals surface area contributed by atoms with Crippen molar-refractivity contribution < 1.29 is 9.90 Å². The second-order valence-corrected chi connectivity index (χ2v) is 5.34. The van der Waals surface area contributed by atoms with Gasteiger partial charge in [-0.25, -0.2) is 9.78 Å². The Morgan fingerprint density at radius 1 is 1.45 bits per heavy atom. The van der Waals surface area contributed by atoms with Crippen LogP contribution in [0.15, 0.2) is 30.7 Å². The first-order chi connectivity index (χ1) is 9.65. The highest BCUT2D eigenvalue weighted by atomic mass is 16.4. The molecule has 1 saturated carbocycles. The summed E-state index contributed by atoms with van der Waals surface area (Å²) >= 11 is 0. The fourth-order valence-corrected chi connectivity index (χ4v) is 2.39. The molecule has 1 aliphatic carbocycles. The highest BCUT2D eigenvalue weighted by Crippen LogP contribution is 2.31. The lowest BCUT2D eigenvalue weighted by atomic mass is 10.0. The minimum atomic E-state index is -0.990. The average molecular weight is 271 g/mol. The SMILES string of the molecule is Nc1c(Cc2cncn2CC2CC2)cccc1C(=O)O. The molecule has 0 spiro atoms. The van der Waals surface area contributed by atoms with Crippen molar-refractivity contribution in [3.05, 3.63) is 47.5 Å². The standard InChI is InChI=1S/C15H17N3O2/c16-14-11(2-1-3-13(14)15(19)20)6-12-7-17-9-18(12)8-10-4-5-10/h1-3,7,9-10H,4-6,8,16H2,(H,19,20). The maximum atomic E-state index is 11.1. The number of carboxylic acids is 1. The van der Waals surface area contributed by atoms with Gasteiger partial charge in [-0.3, -0.25) is 0 Å². The van der Waals surface area contributed by atoms with E-state index in [0.29, 0.717) is 12.1 Å². The molecule has 0 amide bonds.